The highest BCUT2D eigenvalue weighted by Gasteiger charge is 2.18. The van der Waals surface area contributed by atoms with Crippen LogP contribution in [0.1, 0.15) is 40.0 Å². The average molecular weight is 400 g/mol. The van der Waals surface area contributed by atoms with Gasteiger partial charge in [0.2, 0.25) is 0 Å². The summed E-state index contributed by atoms with van der Waals surface area (Å²) in [6, 6.07) is 15.6. The first-order chi connectivity index (χ1) is 14.7. The zero-order valence-electron chi connectivity index (χ0n) is 16.5. The number of aromatic nitrogens is 3. The van der Waals surface area contributed by atoms with Crippen LogP contribution in [0.5, 0.6) is 0 Å². The quantitative estimate of drug-likeness (QED) is 0.527. The molecule has 7 heteroatoms. The van der Waals surface area contributed by atoms with Crippen LogP contribution < -0.4 is 5.32 Å². The maximum absolute atomic E-state index is 12.5. The van der Waals surface area contributed by atoms with E-state index < -0.39 is 5.91 Å². The Morgan fingerprint density at radius 2 is 1.67 bits per heavy atom. The number of nitrogens with zero attached hydrogens (tertiary/aromatic N) is 3. The van der Waals surface area contributed by atoms with Gasteiger partial charge in [0.1, 0.15) is 0 Å². The Morgan fingerprint density at radius 1 is 0.900 bits per heavy atom. The molecule has 0 spiro atoms. The maximum atomic E-state index is 12.5. The SMILES string of the molecule is Cc1ccc(-c2nc(NC(=O)c3cc(-c4ccc5c(c4)CCCC5)on3)no2)cc1. The molecule has 0 bridgehead atoms. The fourth-order valence-corrected chi connectivity index (χ4v) is 3.66. The molecule has 0 saturated heterocycles. The molecule has 1 aliphatic rings. The fraction of sp³-hybridized carbons (Fsp3) is 0.217. The highest BCUT2D eigenvalue weighted by atomic mass is 16.5. The molecule has 2 aromatic heterocycles. The number of fused-ring (bicyclic) bond motifs is 1. The minimum Gasteiger partial charge on any atom is -0.355 e. The lowest BCUT2D eigenvalue weighted by molar-refractivity contribution is 0.101. The molecule has 1 aliphatic carbocycles. The topological polar surface area (TPSA) is 94.1 Å². The zero-order chi connectivity index (χ0) is 20.5. The summed E-state index contributed by atoms with van der Waals surface area (Å²) in [5.41, 5.74) is 5.73. The number of amides is 1. The molecular formula is C23H20N4O3. The van der Waals surface area contributed by atoms with Crippen LogP contribution in [-0.2, 0) is 12.8 Å². The lowest BCUT2D eigenvalue weighted by atomic mass is 9.90. The normalized spacial score (nSPS) is 13.1. The van der Waals surface area contributed by atoms with Crippen molar-refractivity contribution in [3.05, 3.63) is 70.9 Å². The number of rotatable bonds is 4. The molecule has 1 N–H and O–H groups in total. The van der Waals surface area contributed by atoms with Crippen molar-refractivity contribution in [2.24, 2.45) is 0 Å². The third kappa shape index (κ3) is 3.61. The van der Waals surface area contributed by atoms with E-state index in [1.165, 1.54) is 24.0 Å². The average Bonchev–Trinajstić information content (AvgIpc) is 3.44. The lowest BCUT2D eigenvalue weighted by Crippen LogP contribution is -2.13. The van der Waals surface area contributed by atoms with E-state index in [4.69, 9.17) is 9.05 Å². The smallest absolute Gasteiger partial charge is 0.280 e. The van der Waals surface area contributed by atoms with Crippen molar-refractivity contribution in [2.75, 3.05) is 5.32 Å². The van der Waals surface area contributed by atoms with E-state index in [0.717, 1.165) is 29.5 Å². The van der Waals surface area contributed by atoms with Crippen molar-refractivity contribution in [3.8, 4) is 22.8 Å². The first-order valence-electron chi connectivity index (χ1n) is 9.97. The van der Waals surface area contributed by atoms with E-state index >= 15 is 0 Å². The molecule has 0 saturated carbocycles. The van der Waals surface area contributed by atoms with Gasteiger partial charge in [0, 0.05) is 17.2 Å². The van der Waals surface area contributed by atoms with Gasteiger partial charge < -0.3 is 9.05 Å². The Balaban J connectivity index is 1.31. The summed E-state index contributed by atoms with van der Waals surface area (Å²) in [5.74, 6) is 0.510. The number of aryl methyl sites for hydroxylation is 3. The summed E-state index contributed by atoms with van der Waals surface area (Å²) in [6.45, 7) is 2.00. The molecule has 7 nitrogen and oxygen atoms in total. The van der Waals surface area contributed by atoms with E-state index in [2.05, 4.69) is 32.7 Å². The molecule has 0 radical (unpaired) electrons. The van der Waals surface area contributed by atoms with Crippen LogP contribution in [0.15, 0.2) is 57.6 Å². The van der Waals surface area contributed by atoms with E-state index in [1.807, 2.05) is 37.3 Å². The number of carbonyl (C=O) groups excluding carboxylic acids is 1. The summed E-state index contributed by atoms with van der Waals surface area (Å²) in [4.78, 5) is 16.7. The lowest BCUT2D eigenvalue weighted by Gasteiger charge is -2.15. The zero-order valence-corrected chi connectivity index (χ0v) is 16.5. The molecule has 5 rings (SSSR count). The van der Waals surface area contributed by atoms with Crippen molar-refractivity contribution >= 4 is 11.9 Å². The van der Waals surface area contributed by atoms with Gasteiger partial charge in [-0.2, -0.15) is 4.98 Å². The minimum absolute atomic E-state index is 0.0777. The predicted octanol–water partition coefficient (Wildman–Crippen LogP) is 4.83. The Kier molecular flexibility index (Phi) is 4.63. The van der Waals surface area contributed by atoms with Crippen molar-refractivity contribution in [3.63, 3.8) is 0 Å². The van der Waals surface area contributed by atoms with Crippen molar-refractivity contribution in [1.82, 2.24) is 15.3 Å². The Morgan fingerprint density at radius 3 is 2.50 bits per heavy atom. The summed E-state index contributed by atoms with van der Waals surface area (Å²) in [5, 5.41) is 10.3. The number of hydrogen-bond donors (Lipinski definition) is 1. The molecule has 150 valence electrons. The van der Waals surface area contributed by atoms with Gasteiger partial charge >= 0.3 is 0 Å². The van der Waals surface area contributed by atoms with Crippen molar-refractivity contribution in [1.29, 1.82) is 0 Å². The van der Waals surface area contributed by atoms with Gasteiger partial charge in [-0.15, -0.1) is 0 Å². The molecule has 2 heterocycles. The third-order valence-electron chi connectivity index (χ3n) is 5.33. The largest absolute Gasteiger partial charge is 0.355 e. The van der Waals surface area contributed by atoms with Crippen LogP contribution in [0.2, 0.25) is 0 Å². The number of carbonyl (C=O) groups is 1. The van der Waals surface area contributed by atoms with Crippen molar-refractivity contribution in [2.45, 2.75) is 32.6 Å². The monoisotopic (exact) mass is 400 g/mol. The van der Waals surface area contributed by atoms with E-state index in [0.29, 0.717) is 11.7 Å². The summed E-state index contributed by atoms with van der Waals surface area (Å²) < 4.78 is 10.6. The van der Waals surface area contributed by atoms with Gasteiger partial charge in [-0.3, -0.25) is 10.1 Å². The molecule has 4 aromatic rings. The molecule has 0 aliphatic heterocycles. The van der Waals surface area contributed by atoms with Crippen molar-refractivity contribution < 1.29 is 13.8 Å². The molecule has 1 amide bonds. The molecule has 0 atom stereocenters. The van der Waals surface area contributed by atoms with E-state index in [9.17, 15) is 4.79 Å². The van der Waals surface area contributed by atoms with Crippen LogP contribution in [0, 0.1) is 6.92 Å². The van der Waals surface area contributed by atoms with E-state index in [1.54, 1.807) is 6.07 Å². The van der Waals surface area contributed by atoms with Gasteiger partial charge in [0.05, 0.1) is 0 Å². The van der Waals surface area contributed by atoms with Gasteiger partial charge in [-0.05, 0) is 67.1 Å². The van der Waals surface area contributed by atoms with Gasteiger partial charge in [0.25, 0.3) is 17.7 Å². The second-order valence-electron chi connectivity index (χ2n) is 7.51. The van der Waals surface area contributed by atoms with Crippen LogP contribution in [0.25, 0.3) is 22.8 Å². The first-order valence-corrected chi connectivity index (χ1v) is 9.97. The molecule has 0 unspecified atom stereocenters. The Hall–Kier alpha value is -3.74. The maximum Gasteiger partial charge on any atom is 0.280 e. The summed E-state index contributed by atoms with van der Waals surface area (Å²) in [7, 11) is 0. The molecule has 30 heavy (non-hydrogen) atoms. The first kappa shape index (κ1) is 18.3. The van der Waals surface area contributed by atoms with Crippen LogP contribution >= 0.6 is 0 Å². The number of anilines is 1. The van der Waals surface area contributed by atoms with Crippen LogP contribution in [-0.4, -0.2) is 21.2 Å². The molecule has 2 aromatic carbocycles. The highest BCUT2D eigenvalue weighted by molar-refractivity contribution is 6.02. The summed E-state index contributed by atoms with van der Waals surface area (Å²) >= 11 is 0. The van der Waals surface area contributed by atoms with Crippen LogP contribution in [0.4, 0.5) is 5.95 Å². The second kappa shape index (κ2) is 7.59. The molecule has 0 fully saturated rings. The van der Waals surface area contributed by atoms with Gasteiger partial charge in [0.15, 0.2) is 11.5 Å². The number of nitrogens with one attached hydrogen (secondary N) is 1. The van der Waals surface area contributed by atoms with Gasteiger partial charge in [-0.1, -0.05) is 35.0 Å². The van der Waals surface area contributed by atoms with E-state index in [-0.39, 0.29) is 11.6 Å². The molecular weight excluding hydrogens is 380 g/mol. The summed E-state index contributed by atoms with van der Waals surface area (Å²) in [6.07, 6.45) is 4.64. The standard InChI is InChI=1S/C23H20N4O3/c1-14-6-8-16(9-7-14)22-25-23(27-30-22)24-21(28)19-13-20(29-26-19)18-11-10-15-4-2-3-5-17(15)12-18/h6-13H,2-5H2,1H3,(H,24,27,28). The van der Waals surface area contributed by atoms with Crippen LogP contribution in [0.3, 0.4) is 0 Å². The van der Waals surface area contributed by atoms with Gasteiger partial charge in [-0.25, -0.2) is 0 Å². The fourth-order valence-electron chi connectivity index (χ4n) is 3.66. The third-order valence-corrected chi connectivity index (χ3v) is 5.33. The minimum atomic E-state index is -0.459. The number of hydrogen-bond acceptors (Lipinski definition) is 6. The number of benzene rings is 2. The Bertz CT molecular complexity index is 1210. The highest BCUT2D eigenvalue weighted by Crippen LogP contribution is 2.28. The second-order valence-corrected chi connectivity index (χ2v) is 7.51. The Labute approximate surface area is 173 Å². The predicted molar refractivity (Wildman–Crippen MR) is 111 cm³/mol.